The first-order valence-corrected chi connectivity index (χ1v) is 7.30. The highest BCUT2D eigenvalue weighted by atomic mass is 35.5. The molecule has 0 bridgehead atoms. The number of pyridine rings is 1. The lowest BCUT2D eigenvalue weighted by molar-refractivity contribution is 0.286. The van der Waals surface area contributed by atoms with Gasteiger partial charge in [0.2, 0.25) is 0 Å². The van der Waals surface area contributed by atoms with Crippen molar-refractivity contribution < 1.29 is 9.13 Å². The zero-order chi connectivity index (χ0) is 15.1. The van der Waals surface area contributed by atoms with E-state index in [1.54, 1.807) is 18.3 Å². The van der Waals surface area contributed by atoms with E-state index >= 15 is 0 Å². The molecule has 0 unspecified atom stereocenters. The maximum atomic E-state index is 13.7. The Balaban J connectivity index is 1.90. The maximum absolute atomic E-state index is 13.7. The number of benzene rings is 1. The van der Waals surface area contributed by atoms with Crippen LogP contribution in [0.4, 0.5) is 4.39 Å². The summed E-state index contributed by atoms with van der Waals surface area (Å²) in [6.07, 6.45) is 2.90. The molecule has 2 rings (SSSR count). The van der Waals surface area contributed by atoms with Crippen LogP contribution in [0.15, 0.2) is 36.5 Å². The Bertz CT molecular complexity index is 575. The second kappa shape index (κ2) is 7.96. The van der Waals surface area contributed by atoms with Crippen LogP contribution in [0.1, 0.15) is 24.6 Å². The number of rotatable bonds is 7. The first kappa shape index (κ1) is 15.7. The van der Waals surface area contributed by atoms with Gasteiger partial charge in [-0.3, -0.25) is 4.98 Å². The smallest absolute Gasteiger partial charge is 0.183 e. The number of ether oxygens (including phenoxy) is 1. The molecule has 0 fully saturated rings. The number of aromatic nitrogens is 1. The van der Waals surface area contributed by atoms with Crippen LogP contribution in [-0.2, 0) is 13.2 Å². The van der Waals surface area contributed by atoms with E-state index in [-0.39, 0.29) is 17.4 Å². The maximum Gasteiger partial charge on any atom is 0.183 e. The van der Waals surface area contributed by atoms with E-state index in [1.807, 2.05) is 12.1 Å². The number of halogens is 2. The SMILES string of the molecule is CCCNCc1ccc(COc2cccc(Cl)c2F)nc1. The Kier molecular flexibility index (Phi) is 5.96. The molecule has 1 heterocycles. The minimum Gasteiger partial charge on any atom is -0.484 e. The van der Waals surface area contributed by atoms with Gasteiger partial charge < -0.3 is 10.1 Å². The Morgan fingerprint density at radius 2 is 2.14 bits per heavy atom. The van der Waals surface area contributed by atoms with Gasteiger partial charge in [-0.2, -0.15) is 0 Å². The summed E-state index contributed by atoms with van der Waals surface area (Å²) in [7, 11) is 0. The van der Waals surface area contributed by atoms with E-state index in [0.717, 1.165) is 30.8 Å². The summed E-state index contributed by atoms with van der Waals surface area (Å²) in [4.78, 5) is 4.30. The molecule has 0 aliphatic rings. The molecule has 1 N–H and O–H groups in total. The molecule has 1 aromatic carbocycles. The molecule has 21 heavy (non-hydrogen) atoms. The van der Waals surface area contributed by atoms with Crippen molar-refractivity contribution in [3.63, 3.8) is 0 Å². The highest BCUT2D eigenvalue weighted by Crippen LogP contribution is 2.24. The van der Waals surface area contributed by atoms with Gasteiger partial charge >= 0.3 is 0 Å². The lowest BCUT2D eigenvalue weighted by Gasteiger charge is -2.08. The molecule has 0 saturated carbocycles. The van der Waals surface area contributed by atoms with Crippen LogP contribution >= 0.6 is 11.6 Å². The van der Waals surface area contributed by atoms with E-state index in [9.17, 15) is 4.39 Å². The van der Waals surface area contributed by atoms with Crippen molar-refractivity contribution >= 4 is 11.6 Å². The third-order valence-corrected chi connectivity index (χ3v) is 3.23. The van der Waals surface area contributed by atoms with Crippen LogP contribution in [0.2, 0.25) is 5.02 Å². The van der Waals surface area contributed by atoms with Crippen molar-refractivity contribution in [2.75, 3.05) is 6.54 Å². The van der Waals surface area contributed by atoms with E-state index in [4.69, 9.17) is 16.3 Å². The summed E-state index contributed by atoms with van der Waals surface area (Å²) in [5, 5.41) is 3.36. The van der Waals surface area contributed by atoms with Gasteiger partial charge in [-0.1, -0.05) is 30.7 Å². The minimum absolute atomic E-state index is 0.0535. The molecule has 112 valence electrons. The van der Waals surface area contributed by atoms with Crippen molar-refractivity contribution in [3.8, 4) is 5.75 Å². The van der Waals surface area contributed by atoms with Crippen LogP contribution in [0, 0.1) is 5.82 Å². The summed E-state index contributed by atoms with van der Waals surface area (Å²) in [6, 6.07) is 8.55. The van der Waals surface area contributed by atoms with Gasteiger partial charge in [-0.05, 0) is 36.7 Å². The summed E-state index contributed by atoms with van der Waals surface area (Å²) in [5.41, 5.74) is 1.86. The van der Waals surface area contributed by atoms with Crippen LogP contribution in [0.25, 0.3) is 0 Å². The predicted octanol–water partition coefficient (Wildman–Crippen LogP) is 3.95. The first-order valence-electron chi connectivity index (χ1n) is 6.92. The molecule has 0 saturated heterocycles. The number of nitrogens with zero attached hydrogens (tertiary/aromatic N) is 1. The summed E-state index contributed by atoms with van der Waals surface area (Å²) >= 11 is 5.70. The number of hydrogen-bond acceptors (Lipinski definition) is 3. The Hall–Kier alpha value is -1.65. The number of nitrogens with one attached hydrogen (secondary N) is 1. The predicted molar refractivity (Wildman–Crippen MR) is 82.0 cm³/mol. The average molecular weight is 309 g/mol. The van der Waals surface area contributed by atoms with Gasteiger partial charge in [-0.25, -0.2) is 4.39 Å². The molecule has 0 atom stereocenters. The topological polar surface area (TPSA) is 34.1 Å². The molecule has 0 amide bonds. The Labute approximate surface area is 129 Å². The summed E-state index contributed by atoms with van der Waals surface area (Å²) in [5.74, 6) is -0.405. The lowest BCUT2D eigenvalue weighted by atomic mass is 10.2. The molecule has 0 aliphatic carbocycles. The molecule has 0 aliphatic heterocycles. The largest absolute Gasteiger partial charge is 0.484 e. The minimum atomic E-state index is -0.542. The van der Waals surface area contributed by atoms with E-state index < -0.39 is 5.82 Å². The van der Waals surface area contributed by atoms with Crippen LogP contribution in [0.5, 0.6) is 5.75 Å². The number of hydrogen-bond donors (Lipinski definition) is 1. The standard InChI is InChI=1S/C16H18ClFN2O/c1-2-8-19-9-12-6-7-13(20-10-12)11-21-15-5-3-4-14(17)16(15)18/h3-7,10,19H,2,8-9,11H2,1H3. The lowest BCUT2D eigenvalue weighted by Crippen LogP contribution is -2.14. The van der Waals surface area contributed by atoms with Gasteiger partial charge in [0.1, 0.15) is 6.61 Å². The van der Waals surface area contributed by atoms with Crippen molar-refractivity contribution in [2.24, 2.45) is 0 Å². The molecule has 2 aromatic rings. The quantitative estimate of drug-likeness (QED) is 0.786. The first-order chi connectivity index (χ1) is 10.2. The van der Waals surface area contributed by atoms with Crippen LogP contribution < -0.4 is 10.1 Å². The van der Waals surface area contributed by atoms with Crippen LogP contribution in [-0.4, -0.2) is 11.5 Å². The molecule has 0 radical (unpaired) electrons. The third kappa shape index (κ3) is 4.69. The highest BCUT2D eigenvalue weighted by Gasteiger charge is 2.07. The highest BCUT2D eigenvalue weighted by molar-refractivity contribution is 6.30. The fourth-order valence-electron chi connectivity index (χ4n) is 1.80. The van der Waals surface area contributed by atoms with E-state index in [0.29, 0.717) is 0 Å². The fraction of sp³-hybridized carbons (Fsp3) is 0.312. The molecular weight excluding hydrogens is 291 g/mol. The summed E-state index contributed by atoms with van der Waals surface area (Å²) < 4.78 is 19.1. The summed E-state index contributed by atoms with van der Waals surface area (Å²) in [6.45, 7) is 4.12. The second-order valence-corrected chi connectivity index (χ2v) is 5.08. The van der Waals surface area contributed by atoms with Crippen molar-refractivity contribution in [2.45, 2.75) is 26.5 Å². The third-order valence-electron chi connectivity index (χ3n) is 2.93. The van der Waals surface area contributed by atoms with E-state index in [1.165, 1.54) is 6.07 Å². The second-order valence-electron chi connectivity index (χ2n) is 4.68. The van der Waals surface area contributed by atoms with Gasteiger partial charge in [0.05, 0.1) is 10.7 Å². The Morgan fingerprint density at radius 1 is 1.29 bits per heavy atom. The fourth-order valence-corrected chi connectivity index (χ4v) is 1.97. The molecule has 0 spiro atoms. The van der Waals surface area contributed by atoms with Crippen molar-refractivity contribution in [1.82, 2.24) is 10.3 Å². The Morgan fingerprint density at radius 3 is 2.86 bits per heavy atom. The van der Waals surface area contributed by atoms with Crippen LogP contribution in [0.3, 0.4) is 0 Å². The van der Waals surface area contributed by atoms with E-state index in [2.05, 4.69) is 17.2 Å². The van der Waals surface area contributed by atoms with Crippen molar-refractivity contribution in [1.29, 1.82) is 0 Å². The van der Waals surface area contributed by atoms with Gasteiger partial charge in [0, 0.05) is 12.7 Å². The monoisotopic (exact) mass is 308 g/mol. The molecular formula is C16H18ClFN2O. The van der Waals surface area contributed by atoms with Gasteiger partial charge in [-0.15, -0.1) is 0 Å². The molecule has 3 nitrogen and oxygen atoms in total. The van der Waals surface area contributed by atoms with Gasteiger partial charge in [0.25, 0.3) is 0 Å². The zero-order valence-electron chi connectivity index (χ0n) is 11.9. The zero-order valence-corrected chi connectivity index (χ0v) is 12.7. The molecule has 1 aromatic heterocycles. The van der Waals surface area contributed by atoms with Crippen molar-refractivity contribution in [3.05, 3.63) is 58.6 Å². The molecule has 5 heteroatoms. The van der Waals surface area contributed by atoms with Gasteiger partial charge in [0.15, 0.2) is 11.6 Å². The normalized spacial score (nSPS) is 10.6. The average Bonchev–Trinajstić information content (AvgIpc) is 2.50.